The fourth-order valence-corrected chi connectivity index (χ4v) is 4.14. The molecule has 2 aliphatic rings. The summed E-state index contributed by atoms with van der Waals surface area (Å²) in [5.41, 5.74) is -3.08. The quantitative estimate of drug-likeness (QED) is 0.806. The van der Waals surface area contributed by atoms with Gasteiger partial charge >= 0.3 is 12.1 Å². The molecule has 0 unspecified atom stereocenters. The standard InChI is InChI=1S/C17H27F2NO4/c1-14(2,3)24-13(23)20-16(6-4-5-7-16)15(12(21)22)8-10-17(18,19)11-9-15/h4-11H2,1-3H3,(H,20,23)(H,21,22). The van der Waals surface area contributed by atoms with Crippen LogP contribution in [0, 0.1) is 5.41 Å². The second kappa shape index (κ2) is 6.15. The van der Waals surface area contributed by atoms with Crippen LogP contribution in [0.15, 0.2) is 0 Å². The summed E-state index contributed by atoms with van der Waals surface area (Å²) in [6.07, 6.45) is 0.614. The van der Waals surface area contributed by atoms with Crippen LogP contribution in [0.4, 0.5) is 13.6 Å². The van der Waals surface area contributed by atoms with Crippen LogP contribution in [0.2, 0.25) is 0 Å². The van der Waals surface area contributed by atoms with Gasteiger partial charge in [0.25, 0.3) is 0 Å². The maximum Gasteiger partial charge on any atom is 0.408 e. The number of carbonyl (C=O) groups is 2. The number of carboxylic acid groups (broad SMARTS) is 1. The van der Waals surface area contributed by atoms with Crippen molar-refractivity contribution < 1.29 is 28.2 Å². The molecule has 2 rings (SSSR count). The van der Waals surface area contributed by atoms with Crippen LogP contribution in [0.1, 0.15) is 72.1 Å². The van der Waals surface area contributed by atoms with Gasteiger partial charge in [0.2, 0.25) is 5.92 Å². The topological polar surface area (TPSA) is 75.6 Å². The molecule has 0 radical (unpaired) electrons. The number of ether oxygens (including phenoxy) is 1. The zero-order valence-electron chi connectivity index (χ0n) is 14.6. The second-order valence-electron chi connectivity index (χ2n) is 8.16. The van der Waals surface area contributed by atoms with Crippen LogP contribution in [0.25, 0.3) is 0 Å². The molecule has 0 aromatic rings. The monoisotopic (exact) mass is 347 g/mol. The van der Waals surface area contributed by atoms with Gasteiger partial charge in [0.1, 0.15) is 5.60 Å². The molecule has 7 heteroatoms. The Morgan fingerprint density at radius 1 is 1.00 bits per heavy atom. The lowest BCUT2D eigenvalue weighted by Crippen LogP contribution is -2.63. The Kier molecular flexibility index (Phi) is 4.85. The first kappa shape index (κ1) is 18.9. The second-order valence-corrected chi connectivity index (χ2v) is 8.16. The molecule has 1 amide bonds. The number of aliphatic carboxylic acids is 1. The summed E-state index contributed by atoms with van der Waals surface area (Å²) in [6.45, 7) is 5.17. The lowest BCUT2D eigenvalue weighted by atomic mass is 9.60. The number of carbonyl (C=O) groups excluding carboxylic acids is 1. The summed E-state index contributed by atoms with van der Waals surface area (Å²) in [5, 5.41) is 12.7. The lowest BCUT2D eigenvalue weighted by Gasteiger charge is -2.49. The van der Waals surface area contributed by atoms with Gasteiger partial charge in [-0.25, -0.2) is 13.6 Å². The number of hydrogen-bond donors (Lipinski definition) is 2. The van der Waals surface area contributed by atoms with E-state index in [1.807, 2.05) is 0 Å². The van der Waals surface area contributed by atoms with E-state index in [1.54, 1.807) is 20.8 Å². The normalized spacial score (nSPS) is 25.0. The Morgan fingerprint density at radius 2 is 1.50 bits per heavy atom. The molecule has 5 nitrogen and oxygen atoms in total. The van der Waals surface area contributed by atoms with Crippen LogP contribution in [0.3, 0.4) is 0 Å². The average molecular weight is 347 g/mol. The van der Waals surface area contributed by atoms with Gasteiger partial charge in [0.15, 0.2) is 0 Å². The van der Waals surface area contributed by atoms with Gasteiger partial charge in [-0.05, 0) is 46.5 Å². The van der Waals surface area contributed by atoms with E-state index in [-0.39, 0.29) is 12.8 Å². The predicted octanol–water partition coefficient (Wildman–Crippen LogP) is 4.10. The van der Waals surface area contributed by atoms with Crippen LogP contribution in [0.5, 0.6) is 0 Å². The van der Waals surface area contributed by atoms with Gasteiger partial charge in [-0.2, -0.15) is 0 Å². The van der Waals surface area contributed by atoms with Crippen molar-refractivity contribution in [2.24, 2.45) is 5.41 Å². The van der Waals surface area contributed by atoms with Gasteiger partial charge in [0, 0.05) is 12.8 Å². The van der Waals surface area contributed by atoms with Crippen LogP contribution in [-0.2, 0) is 9.53 Å². The molecule has 2 saturated carbocycles. The highest BCUT2D eigenvalue weighted by molar-refractivity contribution is 5.79. The SMILES string of the molecule is CC(C)(C)OC(=O)NC1(C2(C(=O)O)CCC(F)(F)CC2)CCCC1. The molecule has 0 aromatic carbocycles. The predicted molar refractivity (Wildman–Crippen MR) is 84.1 cm³/mol. The highest BCUT2D eigenvalue weighted by Crippen LogP contribution is 2.55. The molecule has 2 aliphatic carbocycles. The molecule has 0 bridgehead atoms. The minimum Gasteiger partial charge on any atom is -0.481 e. The van der Waals surface area contributed by atoms with E-state index in [0.29, 0.717) is 12.8 Å². The molecule has 0 heterocycles. The van der Waals surface area contributed by atoms with Crippen molar-refractivity contribution in [3.8, 4) is 0 Å². The van der Waals surface area contributed by atoms with Crippen LogP contribution in [-0.4, -0.2) is 34.2 Å². The molecule has 0 saturated heterocycles. The van der Waals surface area contributed by atoms with Gasteiger partial charge < -0.3 is 15.2 Å². The molecule has 0 atom stereocenters. The van der Waals surface area contributed by atoms with E-state index in [1.165, 1.54) is 0 Å². The van der Waals surface area contributed by atoms with Crippen molar-refractivity contribution in [2.75, 3.05) is 0 Å². The molecule has 2 fully saturated rings. The van der Waals surface area contributed by atoms with E-state index in [4.69, 9.17) is 4.74 Å². The van der Waals surface area contributed by atoms with Crippen molar-refractivity contribution in [1.82, 2.24) is 5.32 Å². The van der Waals surface area contributed by atoms with Crippen molar-refractivity contribution in [3.05, 3.63) is 0 Å². The van der Waals surface area contributed by atoms with Crippen molar-refractivity contribution in [2.45, 2.75) is 89.2 Å². The Bertz CT molecular complexity index is 497. The van der Waals surface area contributed by atoms with E-state index in [0.717, 1.165) is 12.8 Å². The zero-order chi connectivity index (χ0) is 18.2. The van der Waals surface area contributed by atoms with Crippen molar-refractivity contribution in [1.29, 1.82) is 0 Å². The van der Waals surface area contributed by atoms with Crippen molar-refractivity contribution >= 4 is 12.1 Å². The number of amides is 1. The average Bonchev–Trinajstić information content (AvgIpc) is 2.86. The van der Waals surface area contributed by atoms with E-state index in [9.17, 15) is 23.5 Å². The molecule has 0 spiro atoms. The summed E-state index contributed by atoms with van der Waals surface area (Å²) < 4.78 is 32.5. The molecule has 138 valence electrons. The van der Waals surface area contributed by atoms with Gasteiger partial charge in [-0.1, -0.05) is 12.8 Å². The minimum absolute atomic E-state index is 0.134. The first-order valence-corrected chi connectivity index (χ1v) is 8.54. The van der Waals surface area contributed by atoms with E-state index < -0.39 is 47.4 Å². The third-order valence-electron chi connectivity index (χ3n) is 5.36. The minimum atomic E-state index is -2.83. The van der Waals surface area contributed by atoms with E-state index in [2.05, 4.69) is 5.32 Å². The maximum absolute atomic E-state index is 13.6. The highest BCUT2D eigenvalue weighted by atomic mass is 19.3. The van der Waals surface area contributed by atoms with Gasteiger partial charge in [-0.15, -0.1) is 0 Å². The number of rotatable bonds is 3. The maximum atomic E-state index is 13.6. The third kappa shape index (κ3) is 3.64. The molecule has 0 aromatic heterocycles. The Labute approximate surface area is 141 Å². The number of carboxylic acids is 1. The molecular weight excluding hydrogens is 320 g/mol. The lowest BCUT2D eigenvalue weighted by molar-refractivity contribution is -0.166. The first-order chi connectivity index (χ1) is 10.9. The number of alkyl carbamates (subject to hydrolysis) is 1. The highest BCUT2D eigenvalue weighted by Gasteiger charge is 2.61. The molecular formula is C17H27F2NO4. The van der Waals surface area contributed by atoms with E-state index >= 15 is 0 Å². The summed E-state index contributed by atoms with van der Waals surface area (Å²) in [4.78, 5) is 24.4. The molecule has 0 aliphatic heterocycles. The third-order valence-corrected chi connectivity index (χ3v) is 5.36. The van der Waals surface area contributed by atoms with Crippen LogP contribution >= 0.6 is 0 Å². The Balaban J connectivity index is 2.29. The van der Waals surface area contributed by atoms with Crippen molar-refractivity contribution in [3.63, 3.8) is 0 Å². The first-order valence-electron chi connectivity index (χ1n) is 8.54. The summed E-state index contributed by atoms with van der Waals surface area (Å²) in [5.74, 6) is -3.93. The number of alkyl halides is 2. The summed E-state index contributed by atoms with van der Waals surface area (Å²) >= 11 is 0. The summed E-state index contributed by atoms with van der Waals surface area (Å²) in [6, 6.07) is 0. The largest absolute Gasteiger partial charge is 0.481 e. The summed E-state index contributed by atoms with van der Waals surface area (Å²) in [7, 11) is 0. The molecule has 24 heavy (non-hydrogen) atoms. The fraction of sp³-hybridized carbons (Fsp3) is 0.882. The number of nitrogens with one attached hydrogen (secondary N) is 1. The zero-order valence-corrected chi connectivity index (χ0v) is 14.6. The number of halogens is 2. The van der Waals surface area contributed by atoms with Gasteiger partial charge in [0.05, 0.1) is 11.0 Å². The molecule has 2 N–H and O–H groups in total. The number of hydrogen-bond acceptors (Lipinski definition) is 3. The fourth-order valence-electron chi connectivity index (χ4n) is 4.14. The van der Waals surface area contributed by atoms with Gasteiger partial charge in [-0.3, -0.25) is 4.79 Å². The van der Waals surface area contributed by atoms with Crippen LogP contribution < -0.4 is 5.32 Å². The Hall–Kier alpha value is -1.40. The Morgan fingerprint density at radius 3 is 1.92 bits per heavy atom. The smallest absolute Gasteiger partial charge is 0.408 e.